The zero-order valence-electron chi connectivity index (χ0n) is 7.29. The number of para-hydroxylation sites is 1. The Morgan fingerprint density at radius 2 is 2.08 bits per heavy atom. The molecule has 0 spiro atoms. The number of aromatic nitrogens is 1. The van der Waals surface area contributed by atoms with Crippen LogP contribution in [0.1, 0.15) is 17.5 Å². The van der Waals surface area contributed by atoms with Gasteiger partial charge in [0.15, 0.2) is 6.23 Å². The van der Waals surface area contributed by atoms with E-state index in [2.05, 4.69) is 29.5 Å². The van der Waals surface area contributed by atoms with Crippen LogP contribution >= 0.6 is 0 Å². The highest BCUT2D eigenvalue weighted by Crippen LogP contribution is 2.33. The first-order valence-corrected chi connectivity index (χ1v) is 4.34. The van der Waals surface area contributed by atoms with E-state index in [0.717, 1.165) is 0 Å². The number of rotatable bonds is 1. The topological polar surface area (TPSA) is 50.3 Å². The number of aryl methyl sites for hydroxylation is 1. The SMILES string of the molecule is Cc1[nH]c2ccccc2c1C1NO1. The molecule has 13 heavy (non-hydrogen) atoms. The van der Waals surface area contributed by atoms with E-state index in [4.69, 9.17) is 4.84 Å². The lowest BCUT2D eigenvalue weighted by atomic mass is 10.1. The highest BCUT2D eigenvalue weighted by Gasteiger charge is 2.29. The Labute approximate surface area is 75.7 Å². The van der Waals surface area contributed by atoms with Crippen molar-refractivity contribution in [3.8, 4) is 0 Å². The van der Waals surface area contributed by atoms with Gasteiger partial charge in [0.1, 0.15) is 0 Å². The summed E-state index contributed by atoms with van der Waals surface area (Å²) in [4.78, 5) is 8.40. The maximum atomic E-state index is 5.07. The predicted molar refractivity (Wildman–Crippen MR) is 50.0 cm³/mol. The number of aromatic amines is 1. The average molecular weight is 174 g/mol. The van der Waals surface area contributed by atoms with Crippen LogP contribution in [0.3, 0.4) is 0 Å². The third-order valence-corrected chi connectivity index (χ3v) is 2.44. The van der Waals surface area contributed by atoms with Crippen molar-refractivity contribution in [2.45, 2.75) is 13.2 Å². The van der Waals surface area contributed by atoms with Crippen molar-refractivity contribution in [3.05, 3.63) is 35.5 Å². The molecule has 1 aromatic heterocycles. The van der Waals surface area contributed by atoms with E-state index >= 15 is 0 Å². The first kappa shape index (κ1) is 7.12. The normalized spacial score (nSPS) is 20.8. The molecule has 2 heterocycles. The Morgan fingerprint density at radius 1 is 1.31 bits per heavy atom. The van der Waals surface area contributed by atoms with E-state index in [-0.39, 0.29) is 6.23 Å². The molecule has 1 saturated heterocycles. The van der Waals surface area contributed by atoms with E-state index in [1.807, 2.05) is 12.1 Å². The molecular formula is C10H10N2O. The summed E-state index contributed by atoms with van der Waals surface area (Å²) >= 11 is 0. The Balaban J connectivity index is 2.35. The van der Waals surface area contributed by atoms with Crippen LogP contribution in [0, 0.1) is 6.92 Å². The lowest BCUT2D eigenvalue weighted by molar-refractivity contribution is 0.375. The zero-order chi connectivity index (χ0) is 8.84. The lowest BCUT2D eigenvalue weighted by Crippen LogP contribution is -1.84. The summed E-state index contributed by atoms with van der Waals surface area (Å²) in [5, 5.41) is 1.25. The van der Waals surface area contributed by atoms with Gasteiger partial charge in [-0.2, -0.15) is 5.48 Å². The van der Waals surface area contributed by atoms with Crippen LogP contribution in [0.4, 0.5) is 0 Å². The van der Waals surface area contributed by atoms with E-state index in [1.165, 1.54) is 22.2 Å². The minimum atomic E-state index is 0.0937. The number of hydrogen-bond donors (Lipinski definition) is 2. The molecule has 1 unspecified atom stereocenters. The van der Waals surface area contributed by atoms with Crippen LogP contribution in [0.5, 0.6) is 0 Å². The van der Waals surface area contributed by atoms with Gasteiger partial charge in [0.2, 0.25) is 0 Å². The fourth-order valence-electron chi connectivity index (χ4n) is 1.79. The monoisotopic (exact) mass is 174 g/mol. The van der Waals surface area contributed by atoms with Crippen LogP contribution < -0.4 is 5.48 Å². The molecule has 1 fully saturated rings. The van der Waals surface area contributed by atoms with Gasteiger partial charge in [-0.25, -0.2) is 0 Å². The van der Waals surface area contributed by atoms with Gasteiger partial charge in [-0.15, -0.1) is 0 Å². The maximum Gasteiger partial charge on any atom is 0.179 e. The molecule has 0 saturated carbocycles. The summed E-state index contributed by atoms with van der Waals surface area (Å²) in [6.07, 6.45) is 0.0937. The second kappa shape index (κ2) is 2.34. The molecule has 0 bridgehead atoms. The van der Waals surface area contributed by atoms with Gasteiger partial charge in [0.25, 0.3) is 0 Å². The summed E-state index contributed by atoms with van der Waals surface area (Å²) in [6, 6.07) is 8.26. The van der Waals surface area contributed by atoms with Gasteiger partial charge in [-0.3, -0.25) is 4.84 Å². The van der Waals surface area contributed by atoms with Gasteiger partial charge in [0, 0.05) is 22.2 Å². The summed E-state index contributed by atoms with van der Waals surface area (Å²) in [7, 11) is 0. The second-order valence-electron chi connectivity index (χ2n) is 3.33. The van der Waals surface area contributed by atoms with Crippen molar-refractivity contribution in [1.29, 1.82) is 0 Å². The fraction of sp³-hybridized carbons (Fsp3) is 0.200. The summed E-state index contributed by atoms with van der Waals surface area (Å²) < 4.78 is 0. The van der Waals surface area contributed by atoms with Crippen molar-refractivity contribution in [1.82, 2.24) is 10.5 Å². The fourth-order valence-corrected chi connectivity index (χ4v) is 1.79. The molecule has 1 atom stereocenters. The Morgan fingerprint density at radius 3 is 2.85 bits per heavy atom. The maximum absolute atomic E-state index is 5.07. The summed E-state index contributed by atoms with van der Waals surface area (Å²) in [6.45, 7) is 2.07. The largest absolute Gasteiger partial charge is 0.358 e. The zero-order valence-corrected chi connectivity index (χ0v) is 7.29. The molecule has 0 radical (unpaired) electrons. The predicted octanol–water partition coefficient (Wildman–Crippen LogP) is 2.01. The first-order chi connectivity index (χ1) is 6.36. The van der Waals surface area contributed by atoms with E-state index < -0.39 is 0 Å². The van der Waals surface area contributed by atoms with Crippen molar-refractivity contribution >= 4 is 10.9 Å². The van der Waals surface area contributed by atoms with Gasteiger partial charge >= 0.3 is 0 Å². The third-order valence-electron chi connectivity index (χ3n) is 2.44. The Hall–Kier alpha value is -1.32. The number of H-pyrrole nitrogens is 1. The summed E-state index contributed by atoms with van der Waals surface area (Å²) in [5.74, 6) is 0. The smallest absolute Gasteiger partial charge is 0.179 e. The minimum Gasteiger partial charge on any atom is -0.358 e. The van der Waals surface area contributed by atoms with Gasteiger partial charge < -0.3 is 4.98 Å². The van der Waals surface area contributed by atoms with E-state index in [1.54, 1.807) is 0 Å². The quantitative estimate of drug-likeness (QED) is 0.650. The molecule has 3 rings (SSSR count). The number of benzene rings is 1. The number of hydrogen-bond acceptors (Lipinski definition) is 2. The summed E-state index contributed by atoms with van der Waals surface area (Å²) in [5.41, 5.74) is 6.43. The molecule has 1 aliphatic rings. The third kappa shape index (κ3) is 0.978. The van der Waals surface area contributed by atoms with Crippen LogP contribution in [-0.4, -0.2) is 4.98 Å². The Kier molecular flexibility index (Phi) is 1.28. The molecule has 1 aromatic carbocycles. The van der Waals surface area contributed by atoms with Gasteiger partial charge in [-0.05, 0) is 13.0 Å². The molecular weight excluding hydrogens is 164 g/mol. The average Bonchev–Trinajstić information content (AvgIpc) is 2.88. The van der Waals surface area contributed by atoms with Gasteiger partial charge in [-0.1, -0.05) is 18.2 Å². The second-order valence-corrected chi connectivity index (χ2v) is 3.33. The van der Waals surface area contributed by atoms with E-state index in [0.29, 0.717) is 0 Å². The highest BCUT2D eigenvalue weighted by atomic mass is 16.8. The van der Waals surface area contributed by atoms with Crippen molar-refractivity contribution in [2.24, 2.45) is 0 Å². The minimum absolute atomic E-state index is 0.0937. The number of hydroxylamine groups is 1. The molecule has 3 heteroatoms. The van der Waals surface area contributed by atoms with Crippen molar-refractivity contribution in [3.63, 3.8) is 0 Å². The van der Waals surface area contributed by atoms with Gasteiger partial charge in [0.05, 0.1) is 0 Å². The van der Waals surface area contributed by atoms with Crippen LogP contribution in [0.2, 0.25) is 0 Å². The molecule has 1 aliphatic heterocycles. The van der Waals surface area contributed by atoms with Crippen molar-refractivity contribution < 1.29 is 4.84 Å². The molecule has 0 aliphatic carbocycles. The number of fused-ring (bicyclic) bond motifs is 1. The number of nitrogens with one attached hydrogen (secondary N) is 2. The van der Waals surface area contributed by atoms with Crippen molar-refractivity contribution in [2.75, 3.05) is 0 Å². The molecule has 66 valence electrons. The standard InChI is InChI=1S/C10H10N2O/c1-6-9(10-12-13-10)7-4-2-3-5-8(7)11-6/h2-5,10-12H,1H3. The molecule has 0 amide bonds. The first-order valence-electron chi connectivity index (χ1n) is 4.34. The Bertz CT molecular complexity index is 457. The van der Waals surface area contributed by atoms with Crippen LogP contribution in [-0.2, 0) is 4.84 Å². The molecule has 2 N–H and O–H groups in total. The van der Waals surface area contributed by atoms with E-state index in [9.17, 15) is 0 Å². The lowest BCUT2D eigenvalue weighted by Gasteiger charge is -1.91. The van der Waals surface area contributed by atoms with Crippen LogP contribution in [0.15, 0.2) is 24.3 Å². The molecule has 2 aromatic rings. The van der Waals surface area contributed by atoms with Crippen LogP contribution in [0.25, 0.3) is 10.9 Å². The molecule has 3 nitrogen and oxygen atoms in total. The highest BCUT2D eigenvalue weighted by molar-refractivity contribution is 5.85.